The van der Waals surface area contributed by atoms with Gasteiger partial charge in [0.1, 0.15) is 17.0 Å². The van der Waals surface area contributed by atoms with E-state index in [1.165, 1.54) is 28.5 Å². The summed E-state index contributed by atoms with van der Waals surface area (Å²) in [5, 5.41) is 1.99. The lowest BCUT2D eigenvalue weighted by molar-refractivity contribution is -0.126. The van der Waals surface area contributed by atoms with E-state index in [1.54, 1.807) is 6.07 Å². The Morgan fingerprint density at radius 2 is 1.94 bits per heavy atom. The highest BCUT2D eigenvalue weighted by Crippen LogP contribution is 2.43. The van der Waals surface area contributed by atoms with Gasteiger partial charge in [0.25, 0.3) is 0 Å². The normalized spacial score (nSPS) is 21.6. The van der Waals surface area contributed by atoms with Crippen molar-refractivity contribution >= 4 is 38.3 Å². The van der Waals surface area contributed by atoms with Crippen molar-refractivity contribution < 1.29 is 13.2 Å². The summed E-state index contributed by atoms with van der Waals surface area (Å²) in [6, 6.07) is 10.5. The number of nitrogens with zero attached hydrogens (tertiary/aromatic N) is 4. The Bertz CT molecular complexity index is 1360. The van der Waals surface area contributed by atoms with Crippen LogP contribution in [0.2, 0.25) is 0 Å². The van der Waals surface area contributed by atoms with Crippen LogP contribution in [-0.4, -0.2) is 52.2 Å². The second-order valence-electron chi connectivity index (χ2n) is 9.93. The monoisotopic (exact) mass is 485 g/mol. The molecule has 2 fully saturated rings. The van der Waals surface area contributed by atoms with Crippen LogP contribution in [0.3, 0.4) is 0 Å². The fourth-order valence-corrected chi connectivity index (χ4v) is 6.74. The van der Waals surface area contributed by atoms with Crippen molar-refractivity contribution in [1.82, 2.24) is 19.9 Å². The summed E-state index contributed by atoms with van der Waals surface area (Å²) in [5.41, 5.74) is 3.88. The Morgan fingerprint density at radius 3 is 2.79 bits per heavy atom. The van der Waals surface area contributed by atoms with Crippen molar-refractivity contribution in [2.75, 3.05) is 31.1 Å². The lowest BCUT2D eigenvalue weighted by atomic mass is 9.86. The fraction of sp³-hybridized carbons (Fsp3) is 0.440. The summed E-state index contributed by atoms with van der Waals surface area (Å²) in [7, 11) is 0. The van der Waals surface area contributed by atoms with Crippen LogP contribution in [0.15, 0.2) is 36.7 Å². The number of alkyl halides is 3. The van der Waals surface area contributed by atoms with Crippen LogP contribution in [0.25, 0.3) is 21.1 Å². The number of likely N-dealkylation sites (tertiary alicyclic amines) is 1. The van der Waals surface area contributed by atoms with Gasteiger partial charge in [0, 0.05) is 47.7 Å². The fourth-order valence-electron chi connectivity index (χ4n) is 5.72. The molecule has 6 rings (SSSR count). The van der Waals surface area contributed by atoms with Gasteiger partial charge in [-0.25, -0.2) is 9.97 Å². The van der Waals surface area contributed by atoms with Gasteiger partial charge in [-0.3, -0.25) is 4.90 Å². The first-order valence-electron chi connectivity index (χ1n) is 11.6. The molecule has 1 unspecified atom stereocenters. The molecule has 1 spiro atoms. The van der Waals surface area contributed by atoms with Gasteiger partial charge in [-0.1, -0.05) is 12.1 Å². The number of H-pyrrole nitrogens is 1. The largest absolute Gasteiger partial charge is 0.393 e. The molecule has 2 saturated heterocycles. The molecular weight excluding hydrogens is 459 g/mol. The Balaban J connectivity index is 1.17. The maximum atomic E-state index is 12.9. The van der Waals surface area contributed by atoms with Crippen molar-refractivity contribution in [1.29, 1.82) is 0 Å². The summed E-state index contributed by atoms with van der Waals surface area (Å²) >= 11 is 1.12. The molecule has 0 bridgehead atoms. The minimum absolute atomic E-state index is 0.204. The standard InChI is InChI=1S/C25H26F3N5S/c1-16-8-18-3-2-17(9-21(18)31-16)12-32-6-4-24(13-32)5-7-33(14-24)22-20-10-19(11-25(26,27)28)34-23(20)30-15-29-22/h2-3,8-10,15,31H,4-7,11-14H2,1H3. The van der Waals surface area contributed by atoms with Crippen molar-refractivity contribution in [2.24, 2.45) is 5.41 Å². The molecular formula is C25H26F3N5S. The molecule has 5 heterocycles. The van der Waals surface area contributed by atoms with E-state index in [1.807, 2.05) is 0 Å². The van der Waals surface area contributed by atoms with Crippen molar-refractivity contribution in [2.45, 2.75) is 38.9 Å². The van der Waals surface area contributed by atoms with E-state index < -0.39 is 12.6 Å². The molecule has 2 aliphatic heterocycles. The summed E-state index contributed by atoms with van der Waals surface area (Å²) in [6.07, 6.45) is -1.45. The molecule has 0 saturated carbocycles. The topological polar surface area (TPSA) is 48.1 Å². The Kier molecular flexibility index (Phi) is 5.11. The maximum absolute atomic E-state index is 12.9. The van der Waals surface area contributed by atoms with Gasteiger partial charge >= 0.3 is 6.18 Å². The second kappa shape index (κ2) is 7.95. The molecule has 178 valence electrons. The van der Waals surface area contributed by atoms with Gasteiger partial charge in [0.2, 0.25) is 0 Å². The molecule has 34 heavy (non-hydrogen) atoms. The second-order valence-corrected chi connectivity index (χ2v) is 11.0. The minimum Gasteiger partial charge on any atom is -0.359 e. The quantitative estimate of drug-likeness (QED) is 0.404. The maximum Gasteiger partial charge on any atom is 0.393 e. The third kappa shape index (κ3) is 4.15. The number of anilines is 1. The van der Waals surface area contributed by atoms with Crippen LogP contribution in [0.1, 0.15) is 29.0 Å². The molecule has 9 heteroatoms. The van der Waals surface area contributed by atoms with E-state index in [2.05, 4.69) is 55.9 Å². The SMILES string of the molecule is Cc1cc2ccc(CN3CCC4(CCN(c5ncnc6sc(CC(F)(F)F)cc56)C4)C3)cc2[nH]1. The van der Waals surface area contributed by atoms with E-state index in [9.17, 15) is 13.2 Å². The number of nitrogens with one attached hydrogen (secondary N) is 1. The predicted octanol–water partition coefficient (Wildman–Crippen LogP) is 5.69. The number of aryl methyl sites for hydroxylation is 1. The molecule has 2 aliphatic rings. The van der Waals surface area contributed by atoms with E-state index in [4.69, 9.17) is 0 Å². The van der Waals surface area contributed by atoms with Crippen molar-refractivity contribution in [3.8, 4) is 0 Å². The van der Waals surface area contributed by atoms with Gasteiger partial charge in [0.15, 0.2) is 0 Å². The Morgan fingerprint density at radius 1 is 1.09 bits per heavy atom. The molecule has 0 radical (unpaired) electrons. The van der Waals surface area contributed by atoms with Gasteiger partial charge in [0.05, 0.1) is 11.8 Å². The summed E-state index contributed by atoms with van der Waals surface area (Å²) < 4.78 is 38.7. The van der Waals surface area contributed by atoms with Gasteiger partial charge in [-0.15, -0.1) is 11.3 Å². The van der Waals surface area contributed by atoms with Gasteiger partial charge in [-0.2, -0.15) is 13.2 Å². The Labute approximate surface area is 199 Å². The molecule has 1 aromatic carbocycles. The first kappa shape index (κ1) is 21.9. The number of benzene rings is 1. The summed E-state index contributed by atoms with van der Waals surface area (Å²) in [4.78, 5) is 17.9. The third-order valence-corrected chi connectivity index (χ3v) is 8.26. The number of thiophene rings is 1. The zero-order valence-electron chi connectivity index (χ0n) is 19.0. The molecule has 4 aromatic rings. The average molecular weight is 486 g/mol. The number of aromatic nitrogens is 3. The molecule has 3 aromatic heterocycles. The highest BCUT2D eigenvalue weighted by atomic mass is 32.1. The van der Waals surface area contributed by atoms with Crippen LogP contribution in [0.4, 0.5) is 19.0 Å². The Hall–Kier alpha value is -2.65. The smallest absolute Gasteiger partial charge is 0.359 e. The molecule has 5 nitrogen and oxygen atoms in total. The lowest BCUT2D eigenvalue weighted by Crippen LogP contribution is -2.31. The molecule has 1 atom stereocenters. The summed E-state index contributed by atoms with van der Waals surface area (Å²) in [5.74, 6) is 0.776. The number of hydrogen-bond donors (Lipinski definition) is 1. The highest BCUT2D eigenvalue weighted by Gasteiger charge is 2.44. The van der Waals surface area contributed by atoms with Crippen LogP contribution >= 0.6 is 11.3 Å². The van der Waals surface area contributed by atoms with E-state index in [0.29, 0.717) is 9.71 Å². The molecule has 0 aliphatic carbocycles. The van der Waals surface area contributed by atoms with Crippen molar-refractivity contribution in [3.63, 3.8) is 0 Å². The van der Waals surface area contributed by atoms with Crippen LogP contribution in [0, 0.1) is 12.3 Å². The molecule has 0 amide bonds. The zero-order chi connectivity index (χ0) is 23.5. The number of hydrogen-bond acceptors (Lipinski definition) is 5. The summed E-state index contributed by atoms with van der Waals surface area (Å²) in [6.45, 7) is 6.85. The van der Waals surface area contributed by atoms with Crippen LogP contribution in [0.5, 0.6) is 0 Å². The van der Waals surface area contributed by atoms with E-state index in [0.717, 1.165) is 68.1 Å². The van der Waals surface area contributed by atoms with Crippen LogP contribution < -0.4 is 4.90 Å². The number of rotatable bonds is 4. The van der Waals surface area contributed by atoms with Crippen LogP contribution in [-0.2, 0) is 13.0 Å². The highest BCUT2D eigenvalue weighted by molar-refractivity contribution is 7.18. The van der Waals surface area contributed by atoms with E-state index in [-0.39, 0.29) is 5.41 Å². The molecule has 1 N–H and O–H groups in total. The average Bonchev–Trinajstić information content (AvgIpc) is 3.52. The minimum atomic E-state index is -4.22. The predicted molar refractivity (Wildman–Crippen MR) is 129 cm³/mol. The number of halogens is 3. The first-order chi connectivity index (χ1) is 16.3. The number of aromatic amines is 1. The zero-order valence-corrected chi connectivity index (χ0v) is 19.8. The third-order valence-electron chi connectivity index (χ3n) is 7.22. The first-order valence-corrected chi connectivity index (χ1v) is 12.4. The van der Waals surface area contributed by atoms with Gasteiger partial charge in [-0.05, 0) is 55.5 Å². The van der Waals surface area contributed by atoms with Gasteiger partial charge < -0.3 is 9.88 Å². The van der Waals surface area contributed by atoms with E-state index >= 15 is 0 Å². The number of fused-ring (bicyclic) bond motifs is 2. The lowest BCUT2D eigenvalue weighted by Gasteiger charge is -2.25. The van der Waals surface area contributed by atoms with Crippen molar-refractivity contribution in [3.05, 3.63) is 52.8 Å².